The van der Waals surface area contributed by atoms with Gasteiger partial charge in [-0.05, 0) is 43.6 Å². The summed E-state index contributed by atoms with van der Waals surface area (Å²) in [5, 5.41) is 14.7. The van der Waals surface area contributed by atoms with Gasteiger partial charge >= 0.3 is 0 Å². The second kappa shape index (κ2) is 9.06. The van der Waals surface area contributed by atoms with E-state index in [1.807, 2.05) is 6.92 Å². The molecule has 0 radical (unpaired) electrons. The zero-order valence-electron chi connectivity index (χ0n) is 16.9. The molecule has 0 spiro atoms. The van der Waals surface area contributed by atoms with E-state index in [1.54, 1.807) is 29.4 Å². The van der Waals surface area contributed by atoms with Crippen molar-refractivity contribution in [3.63, 3.8) is 0 Å². The monoisotopic (exact) mass is 447 g/mol. The number of anilines is 1. The fourth-order valence-corrected chi connectivity index (χ4v) is 6.83. The van der Waals surface area contributed by atoms with Gasteiger partial charge in [-0.3, -0.25) is 10.1 Å². The Hall–Kier alpha value is -1.58. The van der Waals surface area contributed by atoms with Gasteiger partial charge in [0, 0.05) is 16.7 Å². The van der Waals surface area contributed by atoms with Crippen molar-refractivity contribution in [1.82, 2.24) is 20.2 Å². The van der Waals surface area contributed by atoms with E-state index in [-0.39, 0.29) is 11.2 Å². The number of amides is 1. The summed E-state index contributed by atoms with van der Waals surface area (Å²) in [4.78, 5) is 24.4. The van der Waals surface area contributed by atoms with E-state index in [2.05, 4.69) is 39.3 Å². The van der Waals surface area contributed by atoms with Crippen LogP contribution in [0, 0.1) is 5.92 Å². The van der Waals surface area contributed by atoms with Crippen molar-refractivity contribution in [3.05, 3.63) is 21.8 Å². The third-order valence-corrected chi connectivity index (χ3v) is 8.34. The highest BCUT2D eigenvalue weighted by molar-refractivity contribution is 8.00. The molecule has 3 heterocycles. The summed E-state index contributed by atoms with van der Waals surface area (Å²) in [6.07, 6.45) is 7.89. The van der Waals surface area contributed by atoms with Gasteiger partial charge in [0.05, 0.1) is 5.25 Å². The lowest BCUT2D eigenvalue weighted by Crippen LogP contribution is -2.24. The highest BCUT2D eigenvalue weighted by Gasteiger charge is 2.25. The SMILES string of the molecule is CCC(Sc1ncnc2sc3c(c12)CCCC3)C(=O)Nc1nnc(CC(C)C)s1. The Kier molecular flexibility index (Phi) is 6.46. The van der Waals surface area contributed by atoms with Crippen LogP contribution < -0.4 is 5.32 Å². The quantitative estimate of drug-likeness (QED) is 0.399. The molecule has 9 heteroatoms. The minimum Gasteiger partial charge on any atom is -0.300 e. The molecule has 0 aliphatic heterocycles. The molecule has 6 nitrogen and oxygen atoms in total. The van der Waals surface area contributed by atoms with Crippen molar-refractivity contribution >= 4 is 55.7 Å². The molecule has 1 atom stereocenters. The number of hydrogen-bond acceptors (Lipinski definition) is 8. The van der Waals surface area contributed by atoms with Gasteiger partial charge in [-0.25, -0.2) is 9.97 Å². The maximum atomic E-state index is 12.9. The Labute approximate surface area is 183 Å². The number of rotatable bonds is 7. The summed E-state index contributed by atoms with van der Waals surface area (Å²) < 4.78 is 0. The Balaban J connectivity index is 1.52. The van der Waals surface area contributed by atoms with Crippen LogP contribution in [0.3, 0.4) is 0 Å². The molecule has 29 heavy (non-hydrogen) atoms. The maximum Gasteiger partial charge on any atom is 0.239 e. The van der Waals surface area contributed by atoms with E-state index >= 15 is 0 Å². The summed E-state index contributed by atoms with van der Waals surface area (Å²) in [5.41, 5.74) is 1.40. The molecule has 1 unspecified atom stereocenters. The van der Waals surface area contributed by atoms with E-state index in [0.29, 0.717) is 17.5 Å². The molecule has 0 fully saturated rings. The first kappa shape index (κ1) is 20.7. The highest BCUT2D eigenvalue weighted by Crippen LogP contribution is 2.40. The van der Waals surface area contributed by atoms with Gasteiger partial charge in [-0.15, -0.1) is 21.5 Å². The van der Waals surface area contributed by atoms with Crippen LogP contribution in [-0.4, -0.2) is 31.3 Å². The third-order valence-electron chi connectivity index (χ3n) is 4.91. The lowest BCUT2D eigenvalue weighted by molar-refractivity contribution is -0.115. The van der Waals surface area contributed by atoms with E-state index in [9.17, 15) is 4.79 Å². The normalized spacial score (nSPS) is 14.9. The lowest BCUT2D eigenvalue weighted by Gasteiger charge is -2.15. The average molecular weight is 448 g/mol. The van der Waals surface area contributed by atoms with Crippen molar-refractivity contribution < 1.29 is 4.79 Å². The van der Waals surface area contributed by atoms with E-state index < -0.39 is 0 Å². The van der Waals surface area contributed by atoms with Crippen molar-refractivity contribution in [1.29, 1.82) is 0 Å². The van der Waals surface area contributed by atoms with E-state index in [1.165, 1.54) is 40.0 Å². The molecule has 0 saturated carbocycles. The van der Waals surface area contributed by atoms with Crippen molar-refractivity contribution in [2.75, 3.05) is 5.32 Å². The first-order valence-electron chi connectivity index (χ1n) is 10.1. The number of carbonyl (C=O) groups is 1. The molecule has 0 saturated heterocycles. The topological polar surface area (TPSA) is 80.7 Å². The Morgan fingerprint density at radius 2 is 2.03 bits per heavy atom. The van der Waals surface area contributed by atoms with Gasteiger partial charge in [0.1, 0.15) is 21.2 Å². The zero-order valence-corrected chi connectivity index (χ0v) is 19.3. The number of nitrogens with zero attached hydrogens (tertiary/aromatic N) is 4. The molecule has 1 N–H and O–H groups in total. The highest BCUT2D eigenvalue weighted by atomic mass is 32.2. The molecule has 1 amide bonds. The summed E-state index contributed by atoms with van der Waals surface area (Å²) >= 11 is 4.78. The molecule has 1 aliphatic rings. The molecule has 3 aromatic rings. The number of thioether (sulfide) groups is 1. The summed E-state index contributed by atoms with van der Waals surface area (Å²) in [5.74, 6) is 0.475. The minimum atomic E-state index is -0.232. The summed E-state index contributed by atoms with van der Waals surface area (Å²) in [6.45, 7) is 6.33. The van der Waals surface area contributed by atoms with Crippen molar-refractivity contribution in [2.45, 2.75) is 69.6 Å². The molecule has 4 rings (SSSR count). The number of fused-ring (bicyclic) bond motifs is 3. The number of carbonyl (C=O) groups excluding carboxylic acids is 1. The molecular formula is C20H25N5OS3. The molecule has 3 aromatic heterocycles. The van der Waals surface area contributed by atoms with Gasteiger partial charge in [0.2, 0.25) is 11.0 Å². The van der Waals surface area contributed by atoms with Crippen LogP contribution >= 0.6 is 34.4 Å². The van der Waals surface area contributed by atoms with E-state index in [0.717, 1.165) is 34.1 Å². The van der Waals surface area contributed by atoms with Gasteiger partial charge < -0.3 is 0 Å². The molecule has 0 aromatic carbocycles. The predicted octanol–water partition coefficient (Wildman–Crippen LogP) is 5.13. The second-order valence-electron chi connectivity index (χ2n) is 7.67. The van der Waals surface area contributed by atoms with Crippen LogP contribution in [-0.2, 0) is 24.1 Å². The number of thiophene rings is 1. The second-order valence-corrected chi connectivity index (χ2v) is 11.0. The Morgan fingerprint density at radius 3 is 2.83 bits per heavy atom. The van der Waals surface area contributed by atoms with Crippen LogP contribution in [0.1, 0.15) is 55.5 Å². The van der Waals surface area contributed by atoms with Crippen LogP contribution in [0.2, 0.25) is 0 Å². The number of hydrogen-bond donors (Lipinski definition) is 1. The van der Waals surface area contributed by atoms with Gasteiger partial charge in [-0.1, -0.05) is 43.9 Å². The molecular weight excluding hydrogens is 422 g/mol. The van der Waals surface area contributed by atoms with Crippen LogP contribution in [0.25, 0.3) is 10.2 Å². The molecule has 1 aliphatic carbocycles. The standard InChI is InChI=1S/C20H25N5OS3/c1-4-13(17(26)23-20-25-24-15(29-20)9-11(2)3)27-18-16-12-7-5-6-8-14(12)28-19(16)22-10-21-18/h10-11,13H,4-9H2,1-3H3,(H,23,25,26). The molecule has 154 valence electrons. The predicted molar refractivity (Wildman–Crippen MR) is 121 cm³/mol. The first-order valence-corrected chi connectivity index (χ1v) is 12.6. The number of nitrogens with one attached hydrogen (secondary N) is 1. The van der Waals surface area contributed by atoms with Crippen molar-refractivity contribution in [2.24, 2.45) is 5.92 Å². The molecule has 0 bridgehead atoms. The fraction of sp³-hybridized carbons (Fsp3) is 0.550. The third kappa shape index (κ3) is 4.62. The van der Waals surface area contributed by atoms with Gasteiger partial charge in [0.15, 0.2) is 0 Å². The lowest BCUT2D eigenvalue weighted by atomic mass is 9.97. The summed E-state index contributed by atoms with van der Waals surface area (Å²) in [6, 6.07) is 0. The minimum absolute atomic E-state index is 0.0411. The average Bonchev–Trinajstić information content (AvgIpc) is 3.29. The maximum absolute atomic E-state index is 12.9. The Bertz CT molecular complexity index is 1010. The fourth-order valence-electron chi connectivity index (χ4n) is 3.53. The first-order chi connectivity index (χ1) is 14.0. The number of aryl methyl sites for hydroxylation is 2. The Morgan fingerprint density at radius 1 is 1.21 bits per heavy atom. The van der Waals surface area contributed by atoms with Gasteiger partial charge in [0.25, 0.3) is 0 Å². The van der Waals surface area contributed by atoms with Crippen LogP contribution in [0.4, 0.5) is 5.13 Å². The van der Waals surface area contributed by atoms with Crippen LogP contribution in [0.5, 0.6) is 0 Å². The smallest absolute Gasteiger partial charge is 0.239 e. The van der Waals surface area contributed by atoms with Gasteiger partial charge in [-0.2, -0.15) is 0 Å². The summed E-state index contributed by atoms with van der Waals surface area (Å²) in [7, 11) is 0. The van der Waals surface area contributed by atoms with Crippen molar-refractivity contribution in [3.8, 4) is 0 Å². The van der Waals surface area contributed by atoms with Crippen LogP contribution in [0.15, 0.2) is 11.4 Å². The number of aromatic nitrogens is 4. The largest absolute Gasteiger partial charge is 0.300 e. The zero-order chi connectivity index (χ0) is 20.4. The van der Waals surface area contributed by atoms with E-state index in [4.69, 9.17) is 0 Å².